The Morgan fingerprint density at radius 2 is 1.86 bits per heavy atom. The van der Waals surface area contributed by atoms with Crippen LogP contribution in [0.5, 0.6) is 0 Å². The Labute approximate surface area is 127 Å². The molecule has 2 aromatic rings. The molecule has 0 aliphatic heterocycles. The van der Waals surface area contributed by atoms with Crippen LogP contribution < -0.4 is 5.32 Å². The third kappa shape index (κ3) is 3.56. The number of aliphatic hydroxyl groups is 1. The van der Waals surface area contributed by atoms with Crippen molar-refractivity contribution in [1.82, 2.24) is 5.32 Å². The lowest BCUT2D eigenvalue weighted by atomic mass is 10.0. The molecule has 0 fully saturated rings. The number of carbonyl (C=O) groups excluding carboxylic acids is 2. The lowest BCUT2D eigenvalue weighted by Gasteiger charge is -2.22. The van der Waals surface area contributed by atoms with E-state index < -0.39 is 5.60 Å². The van der Waals surface area contributed by atoms with Gasteiger partial charge in [0.1, 0.15) is 5.60 Å². The van der Waals surface area contributed by atoms with Crippen LogP contribution in [0.15, 0.2) is 41.8 Å². The summed E-state index contributed by atoms with van der Waals surface area (Å²) in [4.78, 5) is 24.5. The highest BCUT2D eigenvalue weighted by Gasteiger charge is 2.25. The number of nitrogens with one attached hydrogen (secondary N) is 1. The van der Waals surface area contributed by atoms with Crippen molar-refractivity contribution in [2.75, 3.05) is 6.54 Å². The van der Waals surface area contributed by atoms with Gasteiger partial charge in [-0.05, 0) is 31.4 Å². The number of carbonyl (C=O) groups is 2. The molecule has 4 nitrogen and oxygen atoms in total. The van der Waals surface area contributed by atoms with Crippen LogP contribution >= 0.6 is 11.3 Å². The third-order valence-electron chi connectivity index (χ3n) is 3.20. The molecule has 1 heterocycles. The normalized spacial score (nSPS) is 13.5. The van der Waals surface area contributed by atoms with Gasteiger partial charge >= 0.3 is 0 Å². The maximum atomic E-state index is 12.2. The van der Waals surface area contributed by atoms with Gasteiger partial charge in [-0.25, -0.2) is 0 Å². The second-order valence-electron chi connectivity index (χ2n) is 5.04. The Morgan fingerprint density at radius 1 is 1.19 bits per heavy atom. The molecule has 21 heavy (non-hydrogen) atoms. The maximum Gasteiger partial charge on any atom is 0.252 e. The Balaban J connectivity index is 2.11. The Kier molecular flexibility index (Phi) is 4.55. The molecule has 0 aliphatic rings. The van der Waals surface area contributed by atoms with Crippen molar-refractivity contribution >= 4 is 23.0 Å². The molecule has 1 aromatic carbocycles. The molecule has 0 saturated heterocycles. The third-order valence-corrected chi connectivity index (χ3v) is 4.32. The van der Waals surface area contributed by atoms with E-state index in [0.29, 0.717) is 11.1 Å². The quantitative estimate of drug-likeness (QED) is 0.834. The molecule has 1 aromatic heterocycles. The molecular formula is C16H17NO3S. The number of hydrogen-bond donors (Lipinski definition) is 2. The summed E-state index contributed by atoms with van der Waals surface area (Å²) in [5.74, 6) is -0.525. The number of Topliss-reactive ketones (excluding diaryl/α,β-unsaturated/α-hetero) is 1. The largest absolute Gasteiger partial charge is 0.383 e. The van der Waals surface area contributed by atoms with Crippen molar-refractivity contribution in [2.45, 2.75) is 19.4 Å². The minimum absolute atomic E-state index is 0.0819. The fraction of sp³-hybridized carbons (Fsp3) is 0.250. The Morgan fingerprint density at radius 3 is 2.43 bits per heavy atom. The lowest BCUT2D eigenvalue weighted by Crippen LogP contribution is -2.38. The number of thiophene rings is 1. The highest BCUT2D eigenvalue weighted by molar-refractivity contribution is 7.10. The second kappa shape index (κ2) is 6.20. The zero-order chi connectivity index (χ0) is 15.5. The predicted molar refractivity (Wildman–Crippen MR) is 82.7 cm³/mol. The topological polar surface area (TPSA) is 66.4 Å². The number of hydrogen-bond acceptors (Lipinski definition) is 4. The second-order valence-corrected chi connectivity index (χ2v) is 5.98. The molecule has 110 valence electrons. The summed E-state index contributed by atoms with van der Waals surface area (Å²) in [5.41, 5.74) is -0.424. The summed E-state index contributed by atoms with van der Waals surface area (Å²) >= 11 is 1.43. The van der Waals surface area contributed by atoms with Crippen molar-refractivity contribution in [1.29, 1.82) is 0 Å². The van der Waals surface area contributed by atoms with Crippen LogP contribution in [-0.4, -0.2) is 23.3 Å². The van der Waals surface area contributed by atoms with E-state index in [1.54, 1.807) is 31.2 Å². The zero-order valence-corrected chi connectivity index (χ0v) is 12.7. The van der Waals surface area contributed by atoms with Crippen LogP contribution in [0.3, 0.4) is 0 Å². The molecule has 0 bridgehead atoms. The average Bonchev–Trinajstić information content (AvgIpc) is 3.00. The van der Waals surface area contributed by atoms with E-state index in [-0.39, 0.29) is 18.2 Å². The molecule has 2 rings (SSSR count). The van der Waals surface area contributed by atoms with Crippen LogP contribution in [0, 0.1) is 0 Å². The highest BCUT2D eigenvalue weighted by Crippen LogP contribution is 2.24. The van der Waals surface area contributed by atoms with Crippen LogP contribution in [0.25, 0.3) is 0 Å². The summed E-state index contributed by atoms with van der Waals surface area (Å²) in [5, 5.41) is 14.9. The summed E-state index contributed by atoms with van der Waals surface area (Å²) in [6, 6.07) is 10.3. The fourth-order valence-corrected chi connectivity index (χ4v) is 2.79. The van der Waals surface area contributed by atoms with E-state index in [1.807, 2.05) is 17.5 Å². The van der Waals surface area contributed by atoms with Gasteiger partial charge in [0, 0.05) is 10.4 Å². The number of benzene rings is 1. The van der Waals surface area contributed by atoms with E-state index in [2.05, 4.69) is 5.32 Å². The van der Waals surface area contributed by atoms with Crippen molar-refractivity contribution < 1.29 is 14.7 Å². The first-order chi connectivity index (χ1) is 9.92. The van der Waals surface area contributed by atoms with E-state index in [0.717, 1.165) is 4.88 Å². The molecule has 1 unspecified atom stereocenters. The summed E-state index contributed by atoms with van der Waals surface area (Å²) < 4.78 is 0. The lowest BCUT2D eigenvalue weighted by molar-refractivity contribution is 0.0556. The van der Waals surface area contributed by atoms with E-state index in [9.17, 15) is 14.7 Å². The minimum atomic E-state index is -1.13. The van der Waals surface area contributed by atoms with Crippen molar-refractivity contribution in [3.63, 3.8) is 0 Å². The molecule has 0 saturated carbocycles. The number of ketones is 1. The Bertz CT molecular complexity index is 647. The highest BCUT2D eigenvalue weighted by atomic mass is 32.1. The molecule has 0 spiro atoms. The molecule has 0 aliphatic carbocycles. The van der Waals surface area contributed by atoms with Crippen molar-refractivity contribution in [2.24, 2.45) is 0 Å². The van der Waals surface area contributed by atoms with Crippen molar-refractivity contribution in [3.8, 4) is 0 Å². The summed E-state index contributed by atoms with van der Waals surface area (Å²) in [6.45, 7) is 3.16. The molecule has 2 N–H and O–H groups in total. The number of amides is 1. The summed E-state index contributed by atoms with van der Waals surface area (Å²) in [6.07, 6.45) is 0. The smallest absolute Gasteiger partial charge is 0.252 e. The maximum absolute atomic E-state index is 12.2. The van der Waals surface area contributed by atoms with Gasteiger partial charge in [0.25, 0.3) is 5.91 Å². The molecule has 1 amide bonds. The standard InChI is InChI=1S/C16H17NO3S/c1-11(18)12-6-3-4-7-13(12)15(19)17-10-16(2,20)14-8-5-9-21-14/h3-9,20H,10H2,1-2H3,(H,17,19). The zero-order valence-electron chi connectivity index (χ0n) is 11.9. The number of rotatable bonds is 5. The minimum Gasteiger partial charge on any atom is -0.383 e. The molecule has 1 atom stereocenters. The van der Waals surface area contributed by atoms with Crippen LogP contribution in [0.4, 0.5) is 0 Å². The monoisotopic (exact) mass is 303 g/mol. The molecular weight excluding hydrogens is 286 g/mol. The van der Waals surface area contributed by atoms with Gasteiger partial charge in [-0.1, -0.05) is 24.3 Å². The van der Waals surface area contributed by atoms with Crippen LogP contribution in [0.2, 0.25) is 0 Å². The first-order valence-electron chi connectivity index (χ1n) is 6.56. The van der Waals surface area contributed by atoms with Gasteiger partial charge in [0.15, 0.2) is 5.78 Å². The molecule has 0 radical (unpaired) electrons. The van der Waals surface area contributed by atoms with Gasteiger partial charge in [0.2, 0.25) is 0 Å². The average molecular weight is 303 g/mol. The SMILES string of the molecule is CC(=O)c1ccccc1C(=O)NCC(C)(O)c1cccs1. The van der Waals surface area contributed by atoms with E-state index in [1.165, 1.54) is 18.3 Å². The van der Waals surface area contributed by atoms with Gasteiger partial charge in [-0.2, -0.15) is 0 Å². The van der Waals surface area contributed by atoms with Crippen LogP contribution in [-0.2, 0) is 5.60 Å². The van der Waals surface area contributed by atoms with E-state index in [4.69, 9.17) is 0 Å². The van der Waals surface area contributed by atoms with Gasteiger partial charge < -0.3 is 10.4 Å². The van der Waals surface area contributed by atoms with E-state index >= 15 is 0 Å². The van der Waals surface area contributed by atoms with Gasteiger partial charge in [0.05, 0.1) is 12.1 Å². The van der Waals surface area contributed by atoms with Gasteiger partial charge in [-0.3, -0.25) is 9.59 Å². The first kappa shape index (κ1) is 15.4. The van der Waals surface area contributed by atoms with Crippen LogP contribution in [0.1, 0.15) is 39.4 Å². The Hall–Kier alpha value is -1.98. The fourth-order valence-electron chi connectivity index (χ4n) is 2.01. The predicted octanol–water partition coefficient (Wildman–Crippen LogP) is 2.59. The molecule has 5 heteroatoms. The van der Waals surface area contributed by atoms with Crippen molar-refractivity contribution in [3.05, 3.63) is 57.8 Å². The van der Waals surface area contributed by atoms with Gasteiger partial charge in [-0.15, -0.1) is 11.3 Å². The summed E-state index contributed by atoms with van der Waals surface area (Å²) in [7, 11) is 0. The first-order valence-corrected chi connectivity index (χ1v) is 7.44.